The second-order valence-corrected chi connectivity index (χ2v) is 8.61. The summed E-state index contributed by atoms with van der Waals surface area (Å²) in [6.45, 7) is 6.64. The summed E-state index contributed by atoms with van der Waals surface area (Å²) in [5, 5.41) is 18.0. The fourth-order valence-corrected chi connectivity index (χ4v) is 3.57. The summed E-state index contributed by atoms with van der Waals surface area (Å²) in [6.07, 6.45) is 5.39. The predicted octanol–water partition coefficient (Wildman–Crippen LogP) is 5.92. The molecule has 0 spiro atoms. The zero-order valence-electron chi connectivity index (χ0n) is 17.1. The number of hydrogen-bond donors (Lipinski definition) is 0. The van der Waals surface area contributed by atoms with Crippen LogP contribution in [0, 0.1) is 34.0 Å². The van der Waals surface area contributed by atoms with Gasteiger partial charge in [-0.1, -0.05) is 45.0 Å². The van der Waals surface area contributed by atoms with Gasteiger partial charge < -0.3 is 0 Å². The zero-order chi connectivity index (χ0) is 21.0. The van der Waals surface area contributed by atoms with Crippen molar-refractivity contribution in [1.82, 2.24) is 0 Å². The Morgan fingerprint density at radius 1 is 0.793 bits per heavy atom. The highest BCUT2D eigenvalue weighted by Crippen LogP contribution is 2.41. The van der Waals surface area contributed by atoms with Crippen LogP contribution in [0.1, 0.15) is 55.9 Å². The lowest BCUT2D eigenvalue weighted by Gasteiger charge is -2.35. The molecule has 0 heterocycles. The molecule has 1 aliphatic rings. The summed E-state index contributed by atoms with van der Waals surface area (Å²) in [6, 6.07) is 18.8. The third-order valence-corrected chi connectivity index (χ3v) is 5.50. The van der Waals surface area contributed by atoms with E-state index in [0.717, 1.165) is 35.1 Å². The first kappa shape index (κ1) is 20.3. The SMILES string of the molecule is CC(C)(C)C1CC(=Cc2ccc(C#N)cc2)C(=O)C(=Cc2ccc(C#N)cc2)C1. The lowest BCUT2D eigenvalue weighted by atomic mass is 9.68. The number of carbonyl (C=O) groups excluding carboxylic acids is 1. The van der Waals surface area contributed by atoms with Gasteiger partial charge in [-0.15, -0.1) is 0 Å². The molecule has 0 bridgehead atoms. The molecule has 29 heavy (non-hydrogen) atoms. The summed E-state index contributed by atoms with van der Waals surface area (Å²) in [4.78, 5) is 13.2. The van der Waals surface area contributed by atoms with Gasteiger partial charge in [0.2, 0.25) is 0 Å². The van der Waals surface area contributed by atoms with Gasteiger partial charge in [0.05, 0.1) is 23.3 Å². The van der Waals surface area contributed by atoms with Crippen molar-refractivity contribution in [2.24, 2.45) is 11.3 Å². The second-order valence-electron chi connectivity index (χ2n) is 8.61. The molecule has 0 N–H and O–H groups in total. The summed E-state index contributed by atoms with van der Waals surface area (Å²) < 4.78 is 0. The minimum absolute atomic E-state index is 0.0776. The molecular weight excluding hydrogens is 356 g/mol. The van der Waals surface area contributed by atoms with Crippen molar-refractivity contribution in [1.29, 1.82) is 10.5 Å². The molecule has 2 aromatic rings. The zero-order valence-corrected chi connectivity index (χ0v) is 17.1. The molecule has 1 aliphatic carbocycles. The van der Waals surface area contributed by atoms with E-state index < -0.39 is 0 Å². The smallest absolute Gasteiger partial charge is 0.185 e. The first-order chi connectivity index (χ1) is 13.8. The van der Waals surface area contributed by atoms with Crippen molar-refractivity contribution in [3.05, 3.63) is 81.9 Å². The Labute approximate surface area is 172 Å². The quantitative estimate of drug-likeness (QED) is 0.607. The van der Waals surface area contributed by atoms with Crippen molar-refractivity contribution in [3.63, 3.8) is 0 Å². The summed E-state index contributed by atoms with van der Waals surface area (Å²) in [5.74, 6) is 0.439. The van der Waals surface area contributed by atoms with Gasteiger partial charge in [-0.2, -0.15) is 10.5 Å². The molecule has 0 aliphatic heterocycles. The molecule has 144 valence electrons. The van der Waals surface area contributed by atoms with Crippen LogP contribution in [-0.4, -0.2) is 5.78 Å². The van der Waals surface area contributed by atoms with Gasteiger partial charge in [-0.25, -0.2) is 0 Å². The van der Waals surface area contributed by atoms with E-state index in [1.54, 1.807) is 24.3 Å². The predicted molar refractivity (Wildman–Crippen MR) is 115 cm³/mol. The largest absolute Gasteiger partial charge is 0.289 e. The number of Topliss-reactive ketones (excluding diaryl/α,β-unsaturated/α-hetero) is 1. The van der Waals surface area contributed by atoms with Gasteiger partial charge in [0.25, 0.3) is 0 Å². The number of nitriles is 2. The lowest BCUT2D eigenvalue weighted by Crippen LogP contribution is -2.29. The van der Waals surface area contributed by atoms with Crippen LogP contribution in [0.25, 0.3) is 12.2 Å². The van der Waals surface area contributed by atoms with E-state index in [1.165, 1.54) is 0 Å². The maximum Gasteiger partial charge on any atom is 0.185 e. The number of allylic oxidation sites excluding steroid dienone is 2. The summed E-state index contributed by atoms with van der Waals surface area (Å²) in [5.41, 5.74) is 4.77. The Kier molecular flexibility index (Phi) is 5.81. The molecule has 0 atom stereocenters. The second kappa shape index (κ2) is 8.29. The van der Waals surface area contributed by atoms with Crippen molar-refractivity contribution in [2.75, 3.05) is 0 Å². The maximum atomic E-state index is 13.2. The van der Waals surface area contributed by atoms with Crippen molar-refractivity contribution >= 4 is 17.9 Å². The Balaban J connectivity index is 1.98. The standard InChI is InChI=1S/C26H24N2O/c1-26(2,3)24-14-22(12-18-4-8-20(16-27)9-5-18)25(29)23(15-24)13-19-6-10-21(17-28)11-7-19/h4-13,24H,14-15H2,1-3H3. The van der Waals surface area contributed by atoms with Gasteiger partial charge in [-0.05, 0) is 71.7 Å². The van der Waals surface area contributed by atoms with Crippen LogP contribution in [0.3, 0.4) is 0 Å². The molecule has 3 heteroatoms. The minimum Gasteiger partial charge on any atom is -0.289 e. The molecule has 0 aromatic heterocycles. The Hall–Kier alpha value is -3.43. The summed E-state index contributed by atoms with van der Waals surface area (Å²) in [7, 11) is 0. The van der Waals surface area contributed by atoms with E-state index >= 15 is 0 Å². The van der Waals surface area contributed by atoms with Crippen LogP contribution < -0.4 is 0 Å². The highest BCUT2D eigenvalue weighted by Gasteiger charge is 2.34. The van der Waals surface area contributed by atoms with Crippen LogP contribution in [0.2, 0.25) is 0 Å². The molecule has 2 aromatic carbocycles. The van der Waals surface area contributed by atoms with Crippen LogP contribution in [0.15, 0.2) is 59.7 Å². The first-order valence-corrected chi connectivity index (χ1v) is 9.76. The van der Waals surface area contributed by atoms with Crippen LogP contribution in [0.5, 0.6) is 0 Å². The van der Waals surface area contributed by atoms with Crippen molar-refractivity contribution in [2.45, 2.75) is 33.6 Å². The molecule has 3 rings (SSSR count). The molecule has 3 nitrogen and oxygen atoms in total. The number of hydrogen-bond acceptors (Lipinski definition) is 3. The fourth-order valence-electron chi connectivity index (χ4n) is 3.57. The van der Waals surface area contributed by atoms with E-state index in [4.69, 9.17) is 10.5 Å². The molecule has 0 radical (unpaired) electrons. The molecular formula is C26H24N2O. The van der Waals surface area contributed by atoms with Gasteiger partial charge in [0.1, 0.15) is 0 Å². The highest BCUT2D eigenvalue weighted by molar-refractivity contribution is 6.14. The van der Waals surface area contributed by atoms with Gasteiger partial charge in [0.15, 0.2) is 5.78 Å². The first-order valence-electron chi connectivity index (χ1n) is 9.76. The lowest BCUT2D eigenvalue weighted by molar-refractivity contribution is -0.113. The number of nitrogens with zero attached hydrogens (tertiary/aromatic N) is 2. The van der Waals surface area contributed by atoms with Crippen LogP contribution >= 0.6 is 0 Å². The molecule has 1 saturated carbocycles. The number of carbonyl (C=O) groups is 1. The van der Waals surface area contributed by atoms with E-state index in [1.807, 2.05) is 36.4 Å². The Morgan fingerprint density at radius 2 is 1.17 bits per heavy atom. The van der Waals surface area contributed by atoms with E-state index in [9.17, 15) is 4.79 Å². The third kappa shape index (κ3) is 4.89. The Morgan fingerprint density at radius 3 is 1.48 bits per heavy atom. The number of benzene rings is 2. The summed E-state index contributed by atoms with van der Waals surface area (Å²) >= 11 is 0. The van der Waals surface area contributed by atoms with Crippen molar-refractivity contribution in [3.8, 4) is 12.1 Å². The fraction of sp³-hybridized carbons (Fsp3) is 0.269. The average Bonchev–Trinajstić information content (AvgIpc) is 2.71. The van der Waals surface area contributed by atoms with Gasteiger partial charge in [0, 0.05) is 11.1 Å². The maximum absolute atomic E-state index is 13.2. The Bertz CT molecular complexity index is 971. The normalized spacial score (nSPS) is 19.8. The van der Waals surface area contributed by atoms with Crippen LogP contribution in [-0.2, 0) is 4.79 Å². The highest BCUT2D eigenvalue weighted by atomic mass is 16.1. The topological polar surface area (TPSA) is 64.7 Å². The monoisotopic (exact) mass is 380 g/mol. The molecule has 0 unspecified atom stereocenters. The number of ketones is 1. The van der Waals surface area contributed by atoms with Crippen molar-refractivity contribution < 1.29 is 4.79 Å². The molecule has 1 fully saturated rings. The minimum atomic E-state index is 0.0776. The van der Waals surface area contributed by atoms with Crippen LogP contribution in [0.4, 0.5) is 0 Å². The third-order valence-electron chi connectivity index (χ3n) is 5.50. The van der Waals surface area contributed by atoms with E-state index in [2.05, 4.69) is 32.9 Å². The molecule has 0 amide bonds. The van der Waals surface area contributed by atoms with Gasteiger partial charge in [-0.3, -0.25) is 4.79 Å². The van der Waals surface area contributed by atoms with E-state index in [0.29, 0.717) is 17.0 Å². The number of rotatable bonds is 2. The molecule has 0 saturated heterocycles. The average molecular weight is 380 g/mol. The van der Waals surface area contributed by atoms with Gasteiger partial charge >= 0.3 is 0 Å². The van der Waals surface area contributed by atoms with E-state index in [-0.39, 0.29) is 11.2 Å².